The molecule has 2 heterocycles. The number of fused-ring (bicyclic) bond motifs is 1. The fraction of sp³-hybridized carbons (Fsp3) is 0.364. The number of nitrogens with one attached hydrogen (secondary N) is 2. The van der Waals surface area contributed by atoms with Crippen LogP contribution in [0.15, 0.2) is 36.4 Å². The molecule has 0 aliphatic carbocycles. The normalized spacial score (nSPS) is 15.6. The number of piperidine rings is 1. The molecule has 1 aliphatic rings. The number of nitrogens with zero attached hydrogens (tertiary/aromatic N) is 2. The van der Waals surface area contributed by atoms with Gasteiger partial charge in [-0.2, -0.15) is 0 Å². The van der Waals surface area contributed by atoms with E-state index in [1.807, 2.05) is 6.07 Å². The van der Waals surface area contributed by atoms with Crippen molar-refractivity contribution in [1.82, 2.24) is 14.9 Å². The van der Waals surface area contributed by atoms with Crippen molar-refractivity contribution in [1.29, 1.82) is 0 Å². The van der Waals surface area contributed by atoms with Crippen molar-refractivity contribution in [2.45, 2.75) is 26.3 Å². The van der Waals surface area contributed by atoms with Gasteiger partial charge in [0.15, 0.2) is 0 Å². The minimum atomic E-state index is -0.0201. The number of anilines is 1. The zero-order valence-corrected chi connectivity index (χ0v) is 17.4. The maximum atomic E-state index is 12.7. The first kappa shape index (κ1) is 19.7. The Labute approximate surface area is 175 Å². The number of halogens is 1. The number of aryl methyl sites for hydroxylation is 1. The summed E-state index contributed by atoms with van der Waals surface area (Å²) in [5.41, 5.74) is 3.90. The SMILES string of the molecule is COc1ccc(Cl)cc1NC(=O)C1CCN(Cc2nc3ccc(C)cc3[nH]2)CC1. The standard InChI is InChI=1S/C22H25ClN4O2/c1-14-3-5-17-18(11-14)25-21(24-17)13-27-9-7-15(8-10-27)22(28)26-19-12-16(23)4-6-20(19)29-2/h3-6,11-12,15H,7-10,13H2,1-2H3,(H,24,25)(H,26,28). The lowest BCUT2D eigenvalue weighted by Crippen LogP contribution is -2.38. The lowest BCUT2D eigenvalue weighted by atomic mass is 9.95. The third-order valence-corrected chi connectivity index (χ3v) is 5.67. The van der Waals surface area contributed by atoms with Gasteiger partial charge in [0.1, 0.15) is 11.6 Å². The predicted molar refractivity (Wildman–Crippen MR) is 115 cm³/mol. The van der Waals surface area contributed by atoms with E-state index in [1.165, 1.54) is 5.56 Å². The summed E-state index contributed by atoms with van der Waals surface area (Å²) in [6.07, 6.45) is 1.63. The summed E-state index contributed by atoms with van der Waals surface area (Å²) in [6.45, 7) is 4.57. The van der Waals surface area contributed by atoms with Crippen LogP contribution in [0.5, 0.6) is 5.75 Å². The lowest BCUT2D eigenvalue weighted by molar-refractivity contribution is -0.121. The third-order valence-electron chi connectivity index (χ3n) is 5.44. The summed E-state index contributed by atoms with van der Waals surface area (Å²) < 4.78 is 5.31. The first-order valence-electron chi connectivity index (χ1n) is 9.84. The smallest absolute Gasteiger partial charge is 0.227 e. The number of aromatic nitrogens is 2. The Kier molecular flexibility index (Phi) is 5.74. The van der Waals surface area contributed by atoms with Crippen LogP contribution >= 0.6 is 11.6 Å². The topological polar surface area (TPSA) is 70.2 Å². The van der Waals surface area contributed by atoms with E-state index < -0.39 is 0 Å². The highest BCUT2D eigenvalue weighted by Crippen LogP contribution is 2.29. The molecule has 0 spiro atoms. The number of benzene rings is 2. The monoisotopic (exact) mass is 412 g/mol. The summed E-state index contributed by atoms with van der Waals surface area (Å²) >= 11 is 6.05. The average molecular weight is 413 g/mol. The van der Waals surface area contributed by atoms with Crippen molar-refractivity contribution in [3.8, 4) is 5.75 Å². The third kappa shape index (κ3) is 4.54. The van der Waals surface area contributed by atoms with E-state index in [0.717, 1.165) is 49.3 Å². The van der Waals surface area contributed by atoms with E-state index in [0.29, 0.717) is 16.5 Å². The van der Waals surface area contributed by atoms with Gasteiger partial charge >= 0.3 is 0 Å². The number of rotatable bonds is 5. The second kappa shape index (κ2) is 8.43. The summed E-state index contributed by atoms with van der Waals surface area (Å²) in [5, 5.41) is 3.54. The van der Waals surface area contributed by atoms with Crippen molar-refractivity contribution in [2.75, 3.05) is 25.5 Å². The average Bonchev–Trinajstić information content (AvgIpc) is 3.10. The van der Waals surface area contributed by atoms with E-state index in [4.69, 9.17) is 16.3 Å². The number of hydrogen-bond acceptors (Lipinski definition) is 4. The number of likely N-dealkylation sites (tertiary alicyclic amines) is 1. The molecule has 1 aromatic heterocycles. The van der Waals surface area contributed by atoms with Gasteiger partial charge in [0.25, 0.3) is 0 Å². The highest BCUT2D eigenvalue weighted by atomic mass is 35.5. The maximum absolute atomic E-state index is 12.7. The maximum Gasteiger partial charge on any atom is 0.227 e. The Bertz CT molecular complexity index is 1020. The second-order valence-electron chi connectivity index (χ2n) is 7.59. The molecular weight excluding hydrogens is 388 g/mol. The predicted octanol–water partition coefficient (Wildman–Crippen LogP) is 4.38. The Balaban J connectivity index is 1.34. The van der Waals surface area contributed by atoms with Gasteiger partial charge in [0, 0.05) is 10.9 Å². The van der Waals surface area contributed by atoms with Crippen LogP contribution < -0.4 is 10.1 Å². The lowest BCUT2D eigenvalue weighted by Gasteiger charge is -2.30. The van der Waals surface area contributed by atoms with Crippen molar-refractivity contribution in [3.05, 3.63) is 52.8 Å². The van der Waals surface area contributed by atoms with Crippen LogP contribution in [0.2, 0.25) is 5.02 Å². The molecule has 2 aromatic carbocycles. The largest absolute Gasteiger partial charge is 0.495 e. The molecule has 0 bridgehead atoms. The molecule has 7 heteroatoms. The second-order valence-corrected chi connectivity index (χ2v) is 8.02. The van der Waals surface area contributed by atoms with Crippen molar-refractivity contribution >= 4 is 34.2 Å². The van der Waals surface area contributed by atoms with Gasteiger partial charge in [-0.15, -0.1) is 0 Å². The molecule has 0 unspecified atom stereocenters. The summed E-state index contributed by atoms with van der Waals surface area (Å²) in [6, 6.07) is 11.5. The highest BCUT2D eigenvalue weighted by Gasteiger charge is 2.26. The van der Waals surface area contributed by atoms with E-state index in [9.17, 15) is 4.79 Å². The minimum Gasteiger partial charge on any atom is -0.495 e. The minimum absolute atomic E-state index is 0.0180. The molecule has 2 N–H and O–H groups in total. The van der Waals surface area contributed by atoms with Gasteiger partial charge in [-0.05, 0) is 68.8 Å². The van der Waals surface area contributed by atoms with Crippen LogP contribution in [-0.4, -0.2) is 41.0 Å². The number of carbonyl (C=O) groups is 1. The molecule has 0 radical (unpaired) electrons. The van der Waals surface area contributed by atoms with E-state index >= 15 is 0 Å². The summed E-state index contributed by atoms with van der Waals surface area (Å²) in [4.78, 5) is 23.1. The molecule has 1 saturated heterocycles. The van der Waals surface area contributed by atoms with Crippen LogP contribution in [0, 0.1) is 12.8 Å². The molecule has 0 saturated carbocycles. The first-order chi connectivity index (χ1) is 14.0. The van der Waals surface area contributed by atoms with Crippen LogP contribution in [0.25, 0.3) is 11.0 Å². The van der Waals surface area contributed by atoms with E-state index in [-0.39, 0.29) is 11.8 Å². The van der Waals surface area contributed by atoms with Crippen molar-refractivity contribution in [3.63, 3.8) is 0 Å². The number of imidazole rings is 1. The Morgan fingerprint density at radius 1 is 1.28 bits per heavy atom. The molecular formula is C22H25ClN4O2. The van der Waals surface area contributed by atoms with Crippen molar-refractivity contribution < 1.29 is 9.53 Å². The zero-order valence-electron chi connectivity index (χ0n) is 16.7. The quantitative estimate of drug-likeness (QED) is 0.652. The summed E-state index contributed by atoms with van der Waals surface area (Å²) in [5.74, 6) is 1.58. The molecule has 0 atom stereocenters. The molecule has 6 nitrogen and oxygen atoms in total. The molecule has 1 aliphatic heterocycles. The van der Waals surface area contributed by atoms with Crippen LogP contribution in [0.1, 0.15) is 24.2 Å². The Morgan fingerprint density at radius 3 is 2.83 bits per heavy atom. The zero-order chi connectivity index (χ0) is 20.4. The van der Waals surface area contributed by atoms with Gasteiger partial charge in [-0.25, -0.2) is 4.98 Å². The molecule has 3 aromatic rings. The Morgan fingerprint density at radius 2 is 2.07 bits per heavy atom. The molecule has 1 amide bonds. The highest BCUT2D eigenvalue weighted by molar-refractivity contribution is 6.31. The van der Waals surface area contributed by atoms with E-state index in [1.54, 1.807) is 25.3 Å². The molecule has 4 rings (SSSR count). The fourth-order valence-electron chi connectivity index (χ4n) is 3.83. The fourth-order valence-corrected chi connectivity index (χ4v) is 4.00. The number of methoxy groups -OCH3 is 1. The number of hydrogen-bond donors (Lipinski definition) is 2. The van der Waals surface area contributed by atoms with Crippen LogP contribution in [-0.2, 0) is 11.3 Å². The number of ether oxygens (including phenoxy) is 1. The van der Waals surface area contributed by atoms with Crippen LogP contribution in [0.3, 0.4) is 0 Å². The van der Waals surface area contributed by atoms with Gasteiger partial charge in [0.05, 0.1) is 30.4 Å². The van der Waals surface area contributed by atoms with Crippen LogP contribution in [0.4, 0.5) is 5.69 Å². The van der Waals surface area contributed by atoms with Gasteiger partial charge in [-0.3, -0.25) is 9.69 Å². The van der Waals surface area contributed by atoms with Gasteiger partial charge in [-0.1, -0.05) is 17.7 Å². The number of H-pyrrole nitrogens is 1. The van der Waals surface area contributed by atoms with Crippen molar-refractivity contribution in [2.24, 2.45) is 5.92 Å². The molecule has 152 valence electrons. The van der Waals surface area contributed by atoms with E-state index in [2.05, 4.69) is 39.2 Å². The van der Waals surface area contributed by atoms with Gasteiger partial charge < -0.3 is 15.0 Å². The molecule has 1 fully saturated rings. The van der Waals surface area contributed by atoms with Gasteiger partial charge in [0.2, 0.25) is 5.91 Å². The summed E-state index contributed by atoms with van der Waals surface area (Å²) in [7, 11) is 1.58. The molecule has 29 heavy (non-hydrogen) atoms. The Hall–Kier alpha value is -2.57. The first-order valence-corrected chi connectivity index (χ1v) is 10.2. The number of carbonyl (C=O) groups excluding carboxylic acids is 1. The number of amides is 1. The number of aromatic amines is 1.